The summed E-state index contributed by atoms with van der Waals surface area (Å²) in [4.78, 5) is 16.0. The molecule has 1 saturated heterocycles. The van der Waals surface area contributed by atoms with Crippen LogP contribution in [0.2, 0.25) is 0 Å². The van der Waals surface area contributed by atoms with Crippen LogP contribution in [0.3, 0.4) is 0 Å². The molecule has 6 heteroatoms. The minimum atomic E-state index is -0.163. The molecule has 18 heavy (non-hydrogen) atoms. The maximum atomic E-state index is 11.7. The van der Waals surface area contributed by atoms with Crippen LogP contribution < -0.4 is 10.6 Å². The van der Waals surface area contributed by atoms with Crippen LogP contribution in [0.5, 0.6) is 0 Å². The number of carbonyl (C=O) groups excluding carboxylic acids is 1. The highest BCUT2D eigenvalue weighted by Crippen LogP contribution is 2.15. The third-order valence-electron chi connectivity index (χ3n) is 2.98. The first-order valence-electron chi connectivity index (χ1n) is 6.22. The van der Waals surface area contributed by atoms with Crippen LogP contribution in [0.4, 0.5) is 4.79 Å². The van der Waals surface area contributed by atoms with Gasteiger partial charge in [0.2, 0.25) is 0 Å². The molecule has 2 amide bonds. The Balaban J connectivity index is 1.71. The second kappa shape index (κ2) is 6.15. The second-order valence-corrected chi connectivity index (χ2v) is 5.59. The SMILES string of the molecule is Cc1nc(CNC(=O)N[C@H](C)[C@@H]2CCCO2)cs1. The quantitative estimate of drug-likeness (QED) is 0.876. The van der Waals surface area contributed by atoms with Crippen LogP contribution in [-0.4, -0.2) is 29.8 Å². The van der Waals surface area contributed by atoms with Crippen molar-refractivity contribution in [1.29, 1.82) is 0 Å². The average Bonchev–Trinajstić information content (AvgIpc) is 2.97. The number of aromatic nitrogens is 1. The van der Waals surface area contributed by atoms with Gasteiger partial charge in [0.05, 0.1) is 29.4 Å². The molecule has 0 radical (unpaired) electrons. The molecule has 0 saturated carbocycles. The smallest absolute Gasteiger partial charge is 0.315 e. The van der Waals surface area contributed by atoms with Crippen LogP contribution in [0.15, 0.2) is 5.38 Å². The van der Waals surface area contributed by atoms with Crippen molar-refractivity contribution in [2.75, 3.05) is 6.61 Å². The molecule has 5 nitrogen and oxygen atoms in total. The monoisotopic (exact) mass is 269 g/mol. The zero-order valence-electron chi connectivity index (χ0n) is 10.7. The van der Waals surface area contributed by atoms with Gasteiger partial charge in [-0.2, -0.15) is 0 Å². The summed E-state index contributed by atoms with van der Waals surface area (Å²) in [6.45, 7) is 5.20. The van der Waals surface area contributed by atoms with Gasteiger partial charge >= 0.3 is 6.03 Å². The molecule has 0 spiro atoms. The van der Waals surface area contributed by atoms with Gasteiger partial charge < -0.3 is 15.4 Å². The summed E-state index contributed by atoms with van der Waals surface area (Å²) in [5, 5.41) is 8.68. The van der Waals surface area contributed by atoms with E-state index in [0.717, 1.165) is 30.2 Å². The van der Waals surface area contributed by atoms with E-state index in [1.165, 1.54) is 0 Å². The number of carbonyl (C=O) groups is 1. The zero-order valence-corrected chi connectivity index (χ0v) is 11.5. The molecule has 1 aromatic heterocycles. The highest BCUT2D eigenvalue weighted by molar-refractivity contribution is 7.09. The van der Waals surface area contributed by atoms with Crippen molar-refractivity contribution >= 4 is 17.4 Å². The van der Waals surface area contributed by atoms with Crippen LogP contribution in [-0.2, 0) is 11.3 Å². The first kappa shape index (κ1) is 13.3. The van der Waals surface area contributed by atoms with Gasteiger partial charge in [-0.3, -0.25) is 0 Å². The third kappa shape index (κ3) is 3.68. The number of ether oxygens (including phenoxy) is 1. The normalized spacial score (nSPS) is 20.7. The summed E-state index contributed by atoms with van der Waals surface area (Å²) in [6, 6.07) is -0.117. The number of thiazole rings is 1. The Morgan fingerprint density at radius 1 is 1.72 bits per heavy atom. The molecule has 2 N–H and O–H groups in total. The molecular formula is C12H19N3O2S. The van der Waals surface area contributed by atoms with E-state index in [1.807, 2.05) is 19.2 Å². The third-order valence-corrected chi connectivity index (χ3v) is 3.80. The number of amides is 2. The second-order valence-electron chi connectivity index (χ2n) is 4.53. The van der Waals surface area contributed by atoms with E-state index in [4.69, 9.17) is 4.74 Å². The van der Waals surface area contributed by atoms with E-state index in [-0.39, 0.29) is 18.2 Å². The van der Waals surface area contributed by atoms with E-state index in [1.54, 1.807) is 11.3 Å². The van der Waals surface area contributed by atoms with Gasteiger partial charge in [0.25, 0.3) is 0 Å². The number of hydrogen-bond donors (Lipinski definition) is 2. The zero-order chi connectivity index (χ0) is 13.0. The fourth-order valence-corrected chi connectivity index (χ4v) is 2.62. The predicted octanol–water partition coefficient (Wildman–Crippen LogP) is 1.82. The van der Waals surface area contributed by atoms with Gasteiger partial charge in [0.1, 0.15) is 0 Å². The summed E-state index contributed by atoms with van der Waals surface area (Å²) in [5.74, 6) is 0. The highest BCUT2D eigenvalue weighted by atomic mass is 32.1. The number of rotatable bonds is 4. The molecule has 1 fully saturated rings. The Labute approximate surface area is 111 Å². The summed E-state index contributed by atoms with van der Waals surface area (Å²) < 4.78 is 5.53. The van der Waals surface area contributed by atoms with Gasteiger partial charge in [-0.25, -0.2) is 9.78 Å². The summed E-state index contributed by atoms with van der Waals surface area (Å²) in [6.07, 6.45) is 2.25. The Morgan fingerprint density at radius 2 is 2.56 bits per heavy atom. The van der Waals surface area contributed by atoms with Crippen LogP contribution in [0, 0.1) is 6.92 Å². The molecule has 0 aromatic carbocycles. The molecule has 100 valence electrons. The standard InChI is InChI=1S/C12H19N3O2S/c1-8(11-4-3-5-17-11)14-12(16)13-6-10-7-18-9(2)15-10/h7-8,11H,3-6H2,1-2H3,(H2,13,14,16)/t8-,11+/m1/s1. The molecule has 2 atom stereocenters. The van der Waals surface area contributed by atoms with Gasteiger partial charge in [-0.1, -0.05) is 0 Å². The summed E-state index contributed by atoms with van der Waals surface area (Å²) >= 11 is 1.59. The molecule has 0 bridgehead atoms. The molecule has 1 aliphatic heterocycles. The molecule has 0 unspecified atom stereocenters. The van der Waals surface area contributed by atoms with Gasteiger partial charge in [-0.15, -0.1) is 11.3 Å². The number of aryl methyl sites for hydroxylation is 1. The molecule has 1 aliphatic rings. The number of nitrogens with zero attached hydrogens (tertiary/aromatic N) is 1. The van der Waals surface area contributed by atoms with Crippen LogP contribution >= 0.6 is 11.3 Å². The first-order valence-corrected chi connectivity index (χ1v) is 7.10. The first-order chi connectivity index (χ1) is 8.65. The molecule has 0 aliphatic carbocycles. The lowest BCUT2D eigenvalue weighted by molar-refractivity contribution is 0.0860. The predicted molar refractivity (Wildman–Crippen MR) is 70.7 cm³/mol. The summed E-state index contributed by atoms with van der Waals surface area (Å²) in [5.41, 5.74) is 0.900. The van der Waals surface area contributed by atoms with Crippen LogP contribution in [0.1, 0.15) is 30.5 Å². The Bertz CT molecular complexity index is 402. The van der Waals surface area contributed by atoms with E-state index < -0.39 is 0 Å². The molecule has 2 rings (SSSR count). The maximum Gasteiger partial charge on any atom is 0.315 e. The van der Waals surface area contributed by atoms with E-state index in [0.29, 0.717) is 6.54 Å². The van der Waals surface area contributed by atoms with Gasteiger partial charge in [-0.05, 0) is 26.7 Å². The van der Waals surface area contributed by atoms with E-state index in [9.17, 15) is 4.79 Å². The average molecular weight is 269 g/mol. The lowest BCUT2D eigenvalue weighted by Crippen LogP contribution is -2.45. The topological polar surface area (TPSA) is 63.2 Å². The maximum absolute atomic E-state index is 11.7. The minimum Gasteiger partial charge on any atom is -0.376 e. The molecular weight excluding hydrogens is 250 g/mol. The minimum absolute atomic E-state index is 0.0460. The van der Waals surface area contributed by atoms with Crippen molar-refractivity contribution in [1.82, 2.24) is 15.6 Å². The number of hydrogen-bond acceptors (Lipinski definition) is 4. The van der Waals surface area contributed by atoms with E-state index in [2.05, 4.69) is 15.6 Å². The fourth-order valence-electron chi connectivity index (χ4n) is 2.01. The highest BCUT2D eigenvalue weighted by Gasteiger charge is 2.23. The van der Waals surface area contributed by atoms with Crippen molar-refractivity contribution in [3.63, 3.8) is 0 Å². The van der Waals surface area contributed by atoms with E-state index >= 15 is 0 Å². The Hall–Kier alpha value is -1.14. The number of nitrogens with one attached hydrogen (secondary N) is 2. The lowest BCUT2D eigenvalue weighted by atomic mass is 10.1. The van der Waals surface area contributed by atoms with Crippen molar-refractivity contribution in [2.24, 2.45) is 0 Å². The Morgan fingerprint density at radius 3 is 3.17 bits per heavy atom. The summed E-state index contributed by atoms with van der Waals surface area (Å²) in [7, 11) is 0. The van der Waals surface area contributed by atoms with Crippen molar-refractivity contribution in [3.05, 3.63) is 16.1 Å². The fraction of sp³-hybridized carbons (Fsp3) is 0.667. The Kier molecular flexibility index (Phi) is 4.54. The number of urea groups is 1. The van der Waals surface area contributed by atoms with Gasteiger partial charge in [0.15, 0.2) is 0 Å². The molecule has 2 heterocycles. The molecule has 1 aromatic rings. The van der Waals surface area contributed by atoms with Gasteiger partial charge in [0, 0.05) is 12.0 Å². The van der Waals surface area contributed by atoms with Crippen LogP contribution in [0.25, 0.3) is 0 Å². The van der Waals surface area contributed by atoms with Crippen molar-refractivity contribution < 1.29 is 9.53 Å². The van der Waals surface area contributed by atoms with Crippen molar-refractivity contribution in [3.8, 4) is 0 Å². The van der Waals surface area contributed by atoms with Crippen molar-refractivity contribution in [2.45, 2.75) is 45.4 Å². The lowest BCUT2D eigenvalue weighted by Gasteiger charge is -2.20. The largest absolute Gasteiger partial charge is 0.376 e.